The van der Waals surface area contributed by atoms with Crippen LogP contribution in [0.5, 0.6) is 0 Å². The fraction of sp³-hybridized carbons (Fsp3) is 0.917. The van der Waals surface area contributed by atoms with E-state index in [1.165, 1.54) is 0 Å². The molecule has 0 spiro atoms. The Morgan fingerprint density at radius 2 is 2.00 bits per heavy atom. The summed E-state index contributed by atoms with van der Waals surface area (Å²) < 4.78 is 0. The Morgan fingerprint density at radius 3 is 2.44 bits per heavy atom. The molecule has 1 aliphatic heterocycles. The van der Waals surface area contributed by atoms with E-state index in [0.717, 1.165) is 19.5 Å². The number of amides is 1. The number of nitrogens with one attached hydrogen (secondary N) is 1. The Hall–Kier alpha value is -0.610. The molecule has 1 heterocycles. The summed E-state index contributed by atoms with van der Waals surface area (Å²) in [7, 11) is 3.60. The molecule has 1 rings (SSSR count). The number of hydrogen-bond donors (Lipinski definition) is 1. The predicted molar refractivity (Wildman–Crippen MR) is 66.4 cm³/mol. The SMILES string of the molecule is CC(C)N1CCC(N[C@H](C)C(=O)N(C)C)C1. The van der Waals surface area contributed by atoms with Crippen molar-refractivity contribution in [3.05, 3.63) is 0 Å². The molecular weight excluding hydrogens is 202 g/mol. The summed E-state index contributed by atoms with van der Waals surface area (Å²) >= 11 is 0. The Balaban J connectivity index is 2.36. The summed E-state index contributed by atoms with van der Waals surface area (Å²) in [6.07, 6.45) is 1.14. The maximum absolute atomic E-state index is 11.7. The van der Waals surface area contributed by atoms with Crippen molar-refractivity contribution in [2.75, 3.05) is 27.2 Å². The van der Waals surface area contributed by atoms with Crippen LogP contribution in [0.25, 0.3) is 0 Å². The predicted octanol–water partition coefficient (Wildman–Crippen LogP) is 0.535. The van der Waals surface area contributed by atoms with Crippen LogP contribution in [0.1, 0.15) is 27.2 Å². The molecule has 2 atom stereocenters. The number of carbonyl (C=O) groups excluding carboxylic acids is 1. The van der Waals surface area contributed by atoms with Gasteiger partial charge in [0.2, 0.25) is 5.91 Å². The molecular formula is C12H25N3O. The first kappa shape index (κ1) is 13.5. The van der Waals surface area contributed by atoms with Gasteiger partial charge in [-0.1, -0.05) is 0 Å². The van der Waals surface area contributed by atoms with Gasteiger partial charge in [0.25, 0.3) is 0 Å². The van der Waals surface area contributed by atoms with Gasteiger partial charge >= 0.3 is 0 Å². The van der Waals surface area contributed by atoms with E-state index in [4.69, 9.17) is 0 Å². The third-order valence-corrected chi connectivity index (χ3v) is 3.25. The second kappa shape index (κ2) is 5.64. The second-order valence-electron chi connectivity index (χ2n) is 5.20. The molecule has 4 nitrogen and oxygen atoms in total. The van der Waals surface area contributed by atoms with Crippen molar-refractivity contribution in [3.63, 3.8) is 0 Å². The molecule has 16 heavy (non-hydrogen) atoms. The normalized spacial score (nSPS) is 23.8. The summed E-state index contributed by atoms with van der Waals surface area (Å²) in [6, 6.07) is 0.986. The van der Waals surface area contributed by atoms with Gasteiger partial charge in [0, 0.05) is 32.7 Å². The maximum Gasteiger partial charge on any atom is 0.238 e. The van der Waals surface area contributed by atoms with Crippen LogP contribution < -0.4 is 5.32 Å². The molecule has 1 aliphatic rings. The van der Waals surface area contributed by atoms with Crippen LogP contribution >= 0.6 is 0 Å². The Morgan fingerprint density at radius 1 is 1.38 bits per heavy atom. The van der Waals surface area contributed by atoms with Gasteiger partial charge in [-0.15, -0.1) is 0 Å². The molecule has 0 radical (unpaired) electrons. The highest BCUT2D eigenvalue weighted by atomic mass is 16.2. The molecule has 0 bridgehead atoms. The molecule has 94 valence electrons. The highest BCUT2D eigenvalue weighted by Gasteiger charge is 2.26. The summed E-state index contributed by atoms with van der Waals surface area (Å²) in [4.78, 5) is 15.8. The monoisotopic (exact) mass is 227 g/mol. The fourth-order valence-corrected chi connectivity index (χ4v) is 2.20. The molecule has 1 saturated heterocycles. The zero-order valence-corrected chi connectivity index (χ0v) is 11.2. The minimum atomic E-state index is -0.0767. The topological polar surface area (TPSA) is 35.6 Å². The van der Waals surface area contributed by atoms with Crippen LogP contribution in [0.4, 0.5) is 0 Å². The van der Waals surface area contributed by atoms with Crippen molar-refractivity contribution < 1.29 is 4.79 Å². The van der Waals surface area contributed by atoms with Gasteiger partial charge in [-0.25, -0.2) is 0 Å². The lowest BCUT2D eigenvalue weighted by molar-refractivity contribution is -0.130. The summed E-state index contributed by atoms with van der Waals surface area (Å²) in [5.41, 5.74) is 0. The molecule has 1 N–H and O–H groups in total. The third-order valence-electron chi connectivity index (χ3n) is 3.25. The molecule has 1 fully saturated rings. The average molecular weight is 227 g/mol. The number of carbonyl (C=O) groups is 1. The van der Waals surface area contributed by atoms with E-state index in [9.17, 15) is 4.79 Å². The van der Waals surface area contributed by atoms with Crippen LogP contribution in [0.15, 0.2) is 0 Å². The van der Waals surface area contributed by atoms with Gasteiger partial charge < -0.3 is 10.2 Å². The van der Waals surface area contributed by atoms with E-state index in [1.54, 1.807) is 19.0 Å². The van der Waals surface area contributed by atoms with Gasteiger partial charge in [-0.05, 0) is 33.7 Å². The number of likely N-dealkylation sites (N-methyl/N-ethyl adjacent to an activating group) is 1. The highest BCUT2D eigenvalue weighted by molar-refractivity contribution is 5.80. The fourth-order valence-electron chi connectivity index (χ4n) is 2.20. The average Bonchev–Trinajstić information content (AvgIpc) is 2.64. The maximum atomic E-state index is 11.7. The lowest BCUT2D eigenvalue weighted by Crippen LogP contribution is -2.47. The third kappa shape index (κ3) is 3.46. The van der Waals surface area contributed by atoms with Crippen LogP contribution in [-0.2, 0) is 4.79 Å². The molecule has 0 aliphatic carbocycles. The zero-order chi connectivity index (χ0) is 12.3. The van der Waals surface area contributed by atoms with E-state index in [0.29, 0.717) is 12.1 Å². The number of nitrogens with zero attached hydrogens (tertiary/aromatic N) is 2. The molecule has 4 heteroatoms. The van der Waals surface area contributed by atoms with Crippen LogP contribution in [0.3, 0.4) is 0 Å². The molecule has 1 amide bonds. The Labute approximate surface area is 99.0 Å². The molecule has 0 aromatic rings. The smallest absolute Gasteiger partial charge is 0.238 e. The number of likely N-dealkylation sites (tertiary alicyclic amines) is 1. The number of rotatable bonds is 4. The van der Waals surface area contributed by atoms with Crippen molar-refractivity contribution in [1.29, 1.82) is 0 Å². The zero-order valence-electron chi connectivity index (χ0n) is 11.2. The first-order valence-electron chi connectivity index (χ1n) is 6.13. The Bertz CT molecular complexity index is 240. The quantitative estimate of drug-likeness (QED) is 0.761. The lowest BCUT2D eigenvalue weighted by atomic mass is 10.2. The minimum Gasteiger partial charge on any atom is -0.347 e. The molecule has 0 saturated carbocycles. The van der Waals surface area contributed by atoms with Crippen LogP contribution in [0, 0.1) is 0 Å². The van der Waals surface area contributed by atoms with Crippen LogP contribution in [-0.4, -0.2) is 61.0 Å². The summed E-state index contributed by atoms with van der Waals surface area (Å²) in [6.45, 7) is 8.58. The lowest BCUT2D eigenvalue weighted by Gasteiger charge is -2.23. The van der Waals surface area contributed by atoms with Crippen molar-refractivity contribution in [2.24, 2.45) is 0 Å². The van der Waals surface area contributed by atoms with E-state index in [1.807, 2.05) is 6.92 Å². The Kier molecular flexibility index (Phi) is 4.74. The van der Waals surface area contributed by atoms with Crippen molar-refractivity contribution in [3.8, 4) is 0 Å². The van der Waals surface area contributed by atoms with E-state index in [-0.39, 0.29) is 11.9 Å². The van der Waals surface area contributed by atoms with Crippen molar-refractivity contribution in [1.82, 2.24) is 15.1 Å². The van der Waals surface area contributed by atoms with Gasteiger partial charge in [0.1, 0.15) is 0 Å². The van der Waals surface area contributed by atoms with E-state index < -0.39 is 0 Å². The van der Waals surface area contributed by atoms with Gasteiger partial charge in [0.05, 0.1) is 6.04 Å². The molecule has 0 aromatic carbocycles. The van der Waals surface area contributed by atoms with Crippen LogP contribution in [0.2, 0.25) is 0 Å². The largest absolute Gasteiger partial charge is 0.347 e. The second-order valence-corrected chi connectivity index (χ2v) is 5.20. The van der Waals surface area contributed by atoms with Gasteiger partial charge in [-0.2, -0.15) is 0 Å². The molecule has 0 aromatic heterocycles. The summed E-state index contributed by atoms with van der Waals surface area (Å²) in [5, 5.41) is 3.41. The van der Waals surface area contributed by atoms with Crippen molar-refractivity contribution in [2.45, 2.75) is 45.3 Å². The van der Waals surface area contributed by atoms with E-state index >= 15 is 0 Å². The number of hydrogen-bond acceptors (Lipinski definition) is 3. The first-order valence-corrected chi connectivity index (χ1v) is 6.13. The van der Waals surface area contributed by atoms with Gasteiger partial charge in [0.15, 0.2) is 0 Å². The summed E-state index contributed by atoms with van der Waals surface area (Å²) in [5.74, 6) is 0.156. The van der Waals surface area contributed by atoms with Crippen molar-refractivity contribution >= 4 is 5.91 Å². The molecule has 1 unspecified atom stereocenters. The minimum absolute atomic E-state index is 0.0767. The standard InChI is InChI=1S/C12H25N3O/c1-9(2)15-7-6-11(8-15)13-10(3)12(16)14(4)5/h9-11,13H,6-8H2,1-5H3/t10-,11?/m1/s1. The first-order chi connectivity index (χ1) is 7.41. The van der Waals surface area contributed by atoms with Gasteiger partial charge in [-0.3, -0.25) is 9.69 Å². The highest BCUT2D eigenvalue weighted by Crippen LogP contribution is 2.12. The van der Waals surface area contributed by atoms with E-state index in [2.05, 4.69) is 24.1 Å².